The molecule has 0 spiro atoms. The van der Waals surface area contributed by atoms with E-state index in [1.54, 1.807) is 0 Å². The molecule has 1 fully saturated rings. The number of nitrogen functional groups attached to an aromatic ring is 1. The molecule has 0 atom stereocenters. The summed E-state index contributed by atoms with van der Waals surface area (Å²) in [6.45, 7) is 1.94. The first kappa shape index (κ1) is 11.9. The van der Waals surface area contributed by atoms with Crippen molar-refractivity contribution in [3.8, 4) is 6.07 Å². The summed E-state index contributed by atoms with van der Waals surface area (Å²) in [4.78, 5) is 2.30. The molecule has 2 rings (SSSR count). The normalized spacial score (nSPS) is 16.8. The van der Waals surface area contributed by atoms with E-state index in [1.807, 2.05) is 12.1 Å². The molecule has 0 unspecified atom stereocenters. The molecular formula is C14H19N3. The van der Waals surface area contributed by atoms with Gasteiger partial charge in [0, 0.05) is 25.2 Å². The molecule has 1 aliphatic carbocycles. The highest BCUT2D eigenvalue weighted by molar-refractivity contribution is 5.39. The van der Waals surface area contributed by atoms with Gasteiger partial charge in [-0.25, -0.2) is 0 Å². The minimum atomic E-state index is 0.289. The monoisotopic (exact) mass is 229 g/mol. The number of nitrogens with two attached hydrogens (primary N) is 1. The lowest BCUT2D eigenvalue weighted by Gasteiger charge is -2.22. The molecule has 2 N–H and O–H groups in total. The lowest BCUT2D eigenvalue weighted by Crippen LogP contribution is -2.26. The molecule has 17 heavy (non-hydrogen) atoms. The van der Waals surface area contributed by atoms with Gasteiger partial charge in [-0.2, -0.15) is 5.26 Å². The van der Waals surface area contributed by atoms with Crippen molar-refractivity contribution < 1.29 is 0 Å². The third-order valence-electron chi connectivity index (χ3n) is 3.45. The molecule has 0 saturated heterocycles. The van der Waals surface area contributed by atoms with Gasteiger partial charge in [0.2, 0.25) is 0 Å². The molecule has 0 bridgehead atoms. The van der Waals surface area contributed by atoms with E-state index in [2.05, 4.69) is 30.1 Å². The van der Waals surface area contributed by atoms with Crippen LogP contribution in [0.15, 0.2) is 24.3 Å². The smallest absolute Gasteiger partial charge is 0.0628 e. The van der Waals surface area contributed by atoms with Crippen LogP contribution in [0.3, 0.4) is 0 Å². The van der Waals surface area contributed by atoms with Gasteiger partial charge >= 0.3 is 0 Å². The van der Waals surface area contributed by atoms with E-state index in [0.717, 1.165) is 18.8 Å². The van der Waals surface area contributed by atoms with Gasteiger partial charge in [-0.3, -0.25) is 0 Å². The summed E-state index contributed by atoms with van der Waals surface area (Å²) in [5, 5.41) is 8.79. The number of benzene rings is 1. The van der Waals surface area contributed by atoms with Gasteiger partial charge in [-0.15, -0.1) is 0 Å². The fraction of sp³-hybridized carbons (Fsp3) is 0.500. The summed E-state index contributed by atoms with van der Waals surface area (Å²) in [5.41, 5.74) is 8.03. The van der Waals surface area contributed by atoms with Crippen LogP contribution in [0.25, 0.3) is 0 Å². The zero-order valence-corrected chi connectivity index (χ0v) is 10.3. The molecule has 1 saturated carbocycles. The van der Waals surface area contributed by atoms with Crippen LogP contribution >= 0.6 is 0 Å². The van der Waals surface area contributed by atoms with E-state index < -0.39 is 0 Å². The maximum absolute atomic E-state index is 8.79. The molecule has 1 aromatic carbocycles. The molecule has 1 aromatic rings. The van der Waals surface area contributed by atoms with Crippen molar-refractivity contribution >= 4 is 5.69 Å². The number of anilines is 1. The standard InChI is InChI=1S/C14H19N3/c1-17(11-14(6-7-14)8-9-15)10-12-2-4-13(16)5-3-12/h2-5H,6-8,10-11,16H2,1H3. The summed E-state index contributed by atoms with van der Waals surface area (Å²) >= 11 is 0. The minimum absolute atomic E-state index is 0.289. The zero-order valence-electron chi connectivity index (χ0n) is 10.3. The largest absolute Gasteiger partial charge is 0.399 e. The minimum Gasteiger partial charge on any atom is -0.399 e. The Bertz CT molecular complexity index is 412. The molecule has 0 radical (unpaired) electrons. The fourth-order valence-electron chi connectivity index (χ4n) is 2.30. The number of nitriles is 1. The van der Waals surface area contributed by atoms with Gasteiger partial charge < -0.3 is 10.6 Å². The van der Waals surface area contributed by atoms with Gasteiger partial charge in [0.05, 0.1) is 6.07 Å². The predicted octanol–water partition coefficient (Wildman–Crippen LogP) is 2.39. The first-order valence-electron chi connectivity index (χ1n) is 6.03. The zero-order chi connectivity index (χ0) is 12.3. The van der Waals surface area contributed by atoms with Gasteiger partial charge in [0.25, 0.3) is 0 Å². The van der Waals surface area contributed by atoms with E-state index in [-0.39, 0.29) is 5.41 Å². The Morgan fingerprint density at radius 3 is 2.53 bits per heavy atom. The molecule has 0 aliphatic heterocycles. The quantitative estimate of drug-likeness (QED) is 0.789. The van der Waals surface area contributed by atoms with Crippen molar-refractivity contribution in [2.45, 2.75) is 25.8 Å². The van der Waals surface area contributed by atoms with E-state index in [1.165, 1.54) is 18.4 Å². The van der Waals surface area contributed by atoms with Gasteiger partial charge in [0.1, 0.15) is 0 Å². The maximum atomic E-state index is 8.79. The van der Waals surface area contributed by atoms with E-state index in [0.29, 0.717) is 6.42 Å². The van der Waals surface area contributed by atoms with Crippen LogP contribution in [0.5, 0.6) is 0 Å². The lowest BCUT2D eigenvalue weighted by atomic mass is 10.0. The van der Waals surface area contributed by atoms with Crippen molar-refractivity contribution in [3.05, 3.63) is 29.8 Å². The van der Waals surface area contributed by atoms with Crippen molar-refractivity contribution in [3.63, 3.8) is 0 Å². The van der Waals surface area contributed by atoms with E-state index >= 15 is 0 Å². The second kappa shape index (κ2) is 4.77. The highest BCUT2D eigenvalue weighted by Crippen LogP contribution is 2.49. The molecule has 0 heterocycles. The van der Waals surface area contributed by atoms with E-state index in [4.69, 9.17) is 11.0 Å². The number of nitrogens with zero attached hydrogens (tertiary/aromatic N) is 2. The van der Waals surface area contributed by atoms with Crippen molar-refractivity contribution in [1.29, 1.82) is 5.26 Å². The fourth-order valence-corrected chi connectivity index (χ4v) is 2.30. The molecule has 1 aliphatic rings. The number of hydrogen-bond acceptors (Lipinski definition) is 3. The molecule has 3 nitrogen and oxygen atoms in total. The Hall–Kier alpha value is -1.53. The molecule has 90 valence electrons. The van der Waals surface area contributed by atoms with E-state index in [9.17, 15) is 0 Å². The van der Waals surface area contributed by atoms with Gasteiger partial charge in [0.15, 0.2) is 0 Å². The van der Waals surface area contributed by atoms with Gasteiger partial charge in [-0.1, -0.05) is 12.1 Å². The van der Waals surface area contributed by atoms with Crippen LogP contribution in [-0.2, 0) is 6.54 Å². The highest BCUT2D eigenvalue weighted by atomic mass is 15.1. The van der Waals surface area contributed by atoms with Crippen LogP contribution in [0.1, 0.15) is 24.8 Å². The summed E-state index contributed by atoms with van der Waals surface area (Å²) in [7, 11) is 2.12. The Balaban J connectivity index is 1.87. The first-order chi connectivity index (χ1) is 8.13. The second-order valence-electron chi connectivity index (χ2n) is 5.25. The summed E-state index contributed by atoms with van der Waals surface area (Å²) in [6.07, 6.45) is 3.10. The van der Waals surface area contributed by atoms with Crippen molar-refractivity contribution in [2.24, 2.45) is 5.41 Å². The number of rotatable bonds is 5. The van der Waals surface area contributed by atoms with Crippen LogP contribution < -0.4 is 5.73 Å². The highest BCUT2D eigenvalue weighted by Gasteiger charge is 2.42. The lowest BCUT2D eigenvalue weighted by molar-refractivity contribution is 0.257. The van der Waals surface area contributed by atoms with Gasteiger partial charge in [-0.05, 0) is 43.0 Å². The van der Waals surface area contributed by atoms with Crippen LogP contribution in [-0.4, -0.2) is 18.5 Å². The second-order valence-corrected chi connectivity index (χ2v) is 5.25. The first-order valence-corrected chi connectivity index (χ1v) is 6.03. The van der Waals surface area contributed by atoms with Crippen LogP contribution in [0, 0.1) is 16.7 Å². The molecule has 3 heteroatoms. The Labute approximate surface area is 103 Å². The third-order valence-corrected chi connectivity index (χ3v) is 3.45. The third kappa shape index (κ3) is 3.21. The topological polar surface area (TPSA) is 53.0 Å². The predicted molar refractivity (Wildman–Crippen MR) is 69.1 cm³/mol. The maximum Gasteiger partial charge on any atom is 0.0628 e. The molecule has 0 amide bonds. The average Bonchev–Trinajstić information content (AvgIpc) is 3.02. The van der Waals surface area contributed by atoms with Crippen LogP contribution in [0.2, 0.25) is 0 Å². The summed E-state index contributed by atoms with van der Waals surface area (Å²) in [6, 6.07) is 10.3. The Morgan fingerprint density at radius 2 is 2.00 bits per heavy atom. The van der Waals surface area contributed by atoms with Crippen LogP contribution in [0.4, 0.5) is 5.69 Å². The SMILES string of the molecule is CN(Cc1ccc(N)cc1)CC1(CC#N)CC1. The summed E-state index contributed by atoms with van der Waals surface area (Å²) < 4.78 is 0. The Kier molecular flexibility index (Phi) is 3.35. The summed E-state index contributed by atoms with van der Waals surface area (Å²) in [5.74, 6) is 0. The average molecular weight is 229 g/mol. The van der Waals surface area contributed by atoms with Crippen molar-refractivity contribution in [2.75, 3.05) is 19.3 Å². The number of hydrogen-bond donors (Lipinski definition) is 1. The molecule has 0 aromatic heterocycles. The Morgan fingerprint density at radius 1 is 1.35 bits per heavy atom. The molecular weight excluding hydrogens is 210 g/mol. The van der Waals surface area contributed by atoms with Crippen molar-refractivity contribution in [1.82, 2.24) is 4.90 Å².